The van der Waals surface area contributed by atoms with Gasteiger partial charge in [0.1, 0.15) is 4.90 Å². The van der Waals surface area contributed by atoms with Crippen molar-refractivity contribution in [2.75, 3.05) is 13.2 Å². The molecule has 1 heterocycles. The zero-order valence-corrected chi connectivity index (χ0v) is 14.3. The van der Waals surface area contributed by atoms with Gasteiger partial charge in [-0.1, -0.05) is 34.8 Å². The van der Waals surface area contributed by atoms with Crippen LogP contribution in [-0.4, -0.2) is 37.0 Å². The summed E-state index contributed by atoms with van der Waals surface area (Å²) in [5, 5.41) is 9.28. The summed E-state index contributed by atoms with van der Waals surface area (Å²) in [5.74, 6) is 0. The van der Waals surface area contributed by atoms with Crippen LogP contribution in [0.2, 0.25) is 15.1 Å². The lowest BCUT2D eigenvalue weighted by Gasteiger charge is -2.25. The molecule has 0 bridgehead atoms. The molecule has 0 aliphatic carbocycles. The number of aliphatic hydroxyl groups excluding tert-OH is 1. The Kier molecular flexibility index (Phi) is 5.79. The van der Waals surface area contributed by atoms with Gasteiger partial charge in [0.25, 0.3) is 0 Å². The molecule has 0 radical (unpaired) electrons. The molecular weight excluding hydrogens is 357 g/mol. The van der Waals surface area contributed by atoms with E-state index in [2.05, 4.69) is 0 Å². The third-order valence-corrected chi connectivity index (χ3v) is 6.64. The fourth-order valence-corrected chi connectivity index (χ4v) is 5.85. The molecule has 21 heavy (non-hydrogen) atoms. The zero-order valence-electron chi connectivity index (χ0n) is 11.2. The number of benzene rings is 1. The Balaban J connectivity index is 2.38. The van der Waals surface area contributed by atoms with Crippen molar-refractivity contribution in [1.29, 1.82) is 0 Å². The van der Waals surface area contributed by atoms with Crippen LogP contribution in [0.4, 0.5) is 0 Å². The van der Waals surface area contributed by atoms with Crippen LogP contribution in [0, 0.1) is 0 Å². The summed E-state index contributed by atoms with van der Waals surface area (Å²) in [6.45, 7) is 0.487. The van der Waals surface area contributed by atoms with Crippen LogP contribution in [0.25, 0.3) is 0 Å². The van der Waals surface area contributed by atoms with Crippen LogP contribution < -0.4 is 0 Å². The summed E-state index contributed by atoms with van der Waals surface area (Å²) in [6, 6.07) is 2.63. The molecule has 8 heteroatoms. The SMILES string of the molecule is O=S(=O)(c1c(Cl)cc(Cl)cc1Cl)N1CCCC1CCCO. The molecule has 1 aromatic carbocycles. The number of hydrogen-bond acceptors (Lipinski definition) is 3. The van der Waals surface area contributed by atoms with E-state index in [1.165, 1.54) is 16.4 Å². The molecule has 1 atom stereocenters. The van der Waals surface area contributed by atoms with Crippen LogP contribution in [-0.2, 0) is 10.0 Å². The van der Waals surface area contributed by atoms with E-state index in [4.69, 9.17) is 39.9 Å². The van der Waals surface area contributed by atoms with Gasteiger partial charge in [-0.25, -0.2) is 8.42 Å². The quantitative estimate of drug-likeness (QED) is 0.859. The van der Waals surface area contributed by atoms with Crippen molar-refractivity contribution < 1.29 is 13.5 Å². The summed E-state index contributed by atoms with van der Waals surface area (Å²) >= 11 is 17.9. The van der Waals surface area contributed by atoms with E-state index in [1.54, 1.807) is 0 Å². The molecule has 4 nitrogen and oxygen atoms in total. The molecule has 118 valence electrons. The minimum Gasteiger partial charge on any atom is -0.396 e. The topological polar surface area (TPSA) is 57.6 Å². The third-order valence-electron chi connectivity index (χ3n) is 3.55. The fourth-order valence-electron chi connectivity index (χ4n) is 2.63. The maximum absolute atomic E-state index is 12.8. The summed E-state index contributed by atoms with van der Waals surface area (Å²) in [7, 11) is -3.77. The predicted octanol–water partition coefficient (Wildman–Crippen LogP) is 3.57. The Morgan fingerprint density at radius 3 is 2.43 bits per heavy atom. The molecule has 0 saturated carbocycles. The number of sulfonamides is 1. The number of nitrogens with zero attached hydrogens (tertiary/aromatic N) is 1. The molecule has 0 amide bonds. The standard InChI is InChI=1S/C13H16Cl3NO3S/c14-9-7-11(15)13(12(16)8-9)21(19,20)17-5-1-3-10(17)4-2-6-18/h7-8,10,18H,1-6H2. The maximum Gasteiger partial charge on any atom is 0.246 e. The van der Waals surface area contributed by atoms with Crippen molar-refractivity contribution in [3.8, 4) is 0 Å². The normalized spacial score (nSPS) is 20.1. The van der Waals surface area contributed by atoms with E-state index in [0.29, 0.717) is 24.4 Å². The summed E-state index contributed by atoms with van der Waals surface area (Å²) in [5.41, 5.74) is 0. The molecule has 1 N–H and O–H groups in total. The van der Waals surface area contributed by atoms with Crippen LogP contribution >= 0.6 is 34.8 Å². The highest BCUT2D eigenvalue weighted by Crippen LogP contribution is 2.37. The first-order chi connectivity index (χ1) is 9.87. The second-order valence-electron chi connectivity index (χ2n) is 4.98. The van der Waals surface area contributed by atoms with Crippen LogP contribution in [0.15, 0.2) is 17.0 Å². The van der Waals surface area contributed by atoms with Crippen molar-refractivity contribution in [2.24, 2.45) is 0 Å². The number of aliphatic hydroxyl groups is 1. The van der Waals surface area contributed by atoms with Crippen molar-refractivity contribution in [3.05, 3.63) is 27.2 Å². The summed E-state index contributed by atoms with van der Waals surface area (Å²) in [6.07, 6.45) is 2.76. The Bertz CT molecular complexity index is 598. The summed E-state index contributed by atoms with van der Waals surface area (Å²) in [4.78, 5) is -0.0915. The highest BCUT2D eigenvalue weighted by atomic mass is 35.5. The number of rotatable bonds is 5. The van der Waals surface area contributed by atoms with Crippen molar-refractivity contribution in [3.63, 3.8) is 0 Å². The Morgan fingerprint density at radius 2 is 1.86 bits per heavy atom. The van der Waals surface area contributed by atoms with Gasteiger partial charge in [-0.3, -0.25) is 0 Å². The number of halogens is 3. The molecule has 1 fully saturated rings. The molecule has 1 unspecified atom stereocenters. The molecule has 1 aliphatic rings. The van der Waals surface area contributed by atoms with E-state index in [-0.39, 0.29) is 27.6 Å². The van der Waals surface area contributed by atoms with Crippen molar-refractivity contribution in [2.45, 2.75) is 36.6 Å². The van der Waals surface area contributed by atoms with E-state index in [9.17, 15) is 8.42 Å². The van der Waals surface area contributed by atoms with Gasteiger partial charge in [0.15, 0.2) is 0 Å². The zero-order chi connectivity index (χ0) is 15.6. The van der Waals surface area contributed by atoms with E-state index in [1.807, 2.05) is 0 Å². The third kappa shape index (κ3) is 3.66. The highest BCUT2D eigenvalue weighted by Gasteiger charge is 2.37. The first-order valence-electron chi connectivity index (χ1n) is 6.65. The second kappa shape index (κ2) is 7.02. The first-order valence-corrected chi connectivity index (χ1v) is 9.22. The largest absolute Gasteiger partial charge is 0.396 e. The second-order valence-corrected chi connectivity index (χ2v) is 8.05. The van der Waals surface area contributed by atoms with Gasteiger partial charge in [-0.2, -0.15) is 4.31 Å². The summed E-state index contributed by atoms with van der Waals surface area (Å²) < 4.78 is 27.1. The molecule has 0 aromatic heterocycles. The molecular formula is C13H16Cl3NO3S. The lowest BCUT2D eigenvalue weighted by atomic mass is 10.1. The lowest BCUT2D eigenvalue weighted by molar-refractivity contribution is 0.264. The average molecular weight is 373 g/mol. The maximum atomic E-state index is 12.8. The smallest absolute Gasteiger partial charge is 0.246 e. The van der Waals surface area contributed by atoms with Gasteiger partial charge < -0.3 is 5.11 Å². The molecule has 1 saturated heterocycles. The minimum absolute atomic E-state index is 0.0281. The highest BCUT2D eigenvalue weighted by molar-refractivity contribution is 7.89. The van der Waals surface area contributed by atoms with Gasteiger partial charge in [0.05, 0.1) is 10.0 Å². The van der Waals surface area contributed by atoms with Gasteiger partial charge in [-0.15, -0.1) is 0 Å². The van der Waals surface area contributed by atoms with Crippen LogP contribution in [0.5, 0.6) is 0 Å². The number of hydrogen-bond donors (Lipinski definition) is 1. The van der Waals surface area contributed by atoms with E-state index >= 15 is 0 Å². The van der Waals surface area contributed by atoms with E-state index < -0.39 is 10.0 Å². The Labute approximate surface area is 139 Å². The van der Waals surface area contributed by atoms with E-state index in [0.717, 1.165) is 12.8 Å². The Hall–Kier alpha value is -0.0400. The van der Waals surface area contributed by atoms with Gasteiger partial charge in [0.2, 0.25) is 10.0 Å². The van der Waals surface area contributed by atoms with Crippen molar-refractivity contribution >= 4 is 44.8 Å². The van der Waals surface area contributed by atoms with Crippen LogP contribution in [0.1, 0.15) is 25.7 Å². The van der Waals surface area contributed by atoms with Gasteiger partial charge in [-0.05, 0) is 37.8 Å². The molecule has 1 aliphatic heterocycles. The molecule has 1 aromatic rings. The Morgan fingerprint density at radius 1 is 1.24 bits per heavy atom. The van der Waals surface area contributed by atoms with Gasteiger partial charge >= 0.3 is 0 Å². The monoisotopic (exact) mass is 371 g/mol. The predicted molar refractivity (Wildman–Crippen MR) is 84.7 cm³/mol. The molecule has 0 spiro atoms. The average Bonchev–Trinajstić information content (AvgIpc) is 2.83. The first kappa shape index (κ1) is 17.3. The molecule has 2 rings (SSSR count). The van der Waals surface area contributed by atoms with Gasteiger partial charge in [0, 0.05) is 24.2 Å². The fraction of sp³-hybridized carbons (Fsp3) is 0.538. The van der Waals surface area contributed by atoms with Crippen molar-refractivity contribution in [1.82, 2.24) is 4.31 Å². The lowest BCUT2D eigenvalue weighted by Crippen LogP contribution is -2.36. The minimum atomic E-state index is -3.77. The van der Waals surface area contributed by atoms with Crippen LogP contribution in [0.3, 0.4) is 0 Å².